The molecule has 0 aliphatic rings. The summed E-state index contributed by atoms with van der Waals surface area (Å²) in [6, 6.07) is 10.9. The van der Waals surface area contributed by atoms with Crippen molar-refractivity contribution in [1.82, 2.24) is 15.0 Å². The van der Waals surface area contributed by atoms with Gasteiger partial charge in [0.25, 0.3) is 0 Å². The van der Waals surface area contributed by atoms with Gasteiger partial charge in [0.1, 0.15) is 0 Å². The Labute approximate surface area is 157 Å². The zero-order valence-electron chi connectivity index (χ0n) is 11.6. The SMILES string of the molecule is C.C.C.CC(C)c1ccccc1.CC(C)n1nccn1.[Y]. The molecule has 0 unspecified atom stereocenters. The van der Waals surface area contributed by atoms with Crippen molar-refractivity contribution in [2.24, 2.45) is 0 Å². The van der Waals surface area contributed by atoms with Crippen molar-refractivity contribution in [3.8, 4) is 0 Å². The van der Waals surface area contributed by atoms with Gasteiger partial charge >= 0.3 is 0 Å². The molecule has 0 spiro atoms. The van der Waals surface area contributed by atoms with Crippen molar-refractivity contribution in [3.63, 3.8) is 0 Å². The minimum absolute atomic E-state index is 0. The average Bonchev–Trinajstić information content (AvgIpc) is 2.84. The van der Waals surface area contributed by atoms with Crippen LogP contribution in [0.1, 0.15) is 67.5 Å². The van der Waals surface area contributed by atoms with Crippen LogP contribution in [0.3, 0.4) is 0 Å². The van der Waals surface area contributed by atoms with Crippen LogP contribution >= 0.6 is 0 Å². The molecule has 0 N–H and O–H groups in total. The van der Waals surface area contributed by atoms with E-state index in [-0.39, 0.29) is 55.0 Å². The van der Waals surface area contributed by atoms with Crippen molar-refractivity contribution in [2.75, 3.05) is 0 Å². The van der Waals surface area contributed by atoms with Gasteiger partial charge < -0.3 is 0 Å². The van der Waals surface area contributed by atoms with E-state index >= 15 is 0 Å². The molecule has 2 aromatic rings. The van der Waals surface area contributed by atoms with Crippen molar-refractivity contribution in [3.05, 3.63) is 48.3 Å². The van der Waals surface area contributed by atoms with Crippen LogP contribution in [0.2, 0.25) is 0 Å². The second kappa shape index (κ2) is 15.8. The maximum atomic E-state index is 3.92. The van der Waals surface area contributed by atoms with Gasteiger partial charge in [-0.1, -0.05) is 66.5 Å². The molecule has 0 fully saturated rings. The molecule has 0 amide bonds. The van der Waals surface area contributed by atoms with Gasteiger partial charge in [-0.05, 0) is 25.3 Å². The van der Waals surface area contributed by atoms with Gasteiger partial charge in [-0.3, -0.25) is 0 Å². The molecule has 0 bridgehead atoms. The predicted octanol–water partition coefficient (Wildman–Crippen LogP) is 5.57. The van der Waals surface area contributed by atoms with Gasteiger partial charge in [0.05, 0.1) is 18.4 Å². The van der Waals surface area contributed by atoms with Crippen molar-refractivity contribution >= 4 is 0 Å². The smallest absolute Gasteiger partial charge is 0.0693 e. The first-order chi connectivity index (χ1) is 8.11. The topological polar surface area (TPSA) is 30.7 Å². The molecular formula is C17H33N3Y. The Balaban J connectivity index is -0.000000116. The number of hydrogen-bond donors (Lipinski definition) is 0. The number of rotatable bonds is 2. The third-order valence-corrected chi connectivity index (χ3v) is 2.36. The quantitative estimate of drug-likeness (QED) is 0.693. The third-order valence-electron chi connectivity index (χ3n) is 2.36. The van der Waals surface area contributed by atoms with Gasteiger partial charge in [-0.15, -0.1) is 0 Å². The van der Waals surface area contributed by atoms with Gasteiger partial charge in [0, 0.05) is 32.7 Å². The molecule has 0 saturated carbocycles. The molecule has 2 rings (SSSR count). The second-order valence-electron chi connectivity index (χ2n) is 4.51. The molecule has 4 heteroatoms. The van der Waals surface area contributed by atoms with Crippen LogP contribution in [-0.4, -0.2) is 15.0 Å². The molecule has 1 radical (unpaired) electrons. The summed E-state index contributed by atoms with van der Waals surface area (Å²) in [5, 5.41) is 7.84. The van der Waals surface area contributed by atoms with Crippen LogP contribution in [0.15, 0.2) is 42.7 Å². The fourth-order valence-electron chi connectivity index (χ4n) is 1.33. The minimum Gasteiger partial charge on any atom is -0.182 e. The zero-order valence-corrected chi connectivity index (χ0v) is 14.5. The van der Waals surface area contributed by atoms with Gasteiger partial charge in [-0.2, -0.15) is 15.0 Å². The van der Waals surface area contributed by atoms with Gasteiger partial charge in [0.15, 0.2) is 0 Å². The van der Waals surface area contributed by atoms with E-state index in [2.05, 4.69) is 48.3 Å². The largest absolute Gasteiger partial charge is 0.182 e. The first kappa shape index (κ1) is 28.6. The molecule has 1 aromatic carbocycles. The Hall–Kier alpha value is -0.536. The van der Waals surface area contributed by atoms with Crippen molar-refractivity contribution in [2.45, 2.75) is 61.9 Å². The molecule has 1 heterocycles. The van der Waals surface area contributed by atoms with E-state index in [1.807, 2.05) is 19.9 Å². The molecule has 0 saturated heterocycles. The fourth-order valence-corrected chi connectivity index (χ4v) is 1.33. The summed E-state index contributed by atoms with van der Waals surface area (Å²) in [4.78, 5) is 1.67. The van der Waals surface area contributed by atoms with E-state index in [1.165, 1.54) is 5.56 Å². The summed E-state index contributed by atoms with van der Waals surface area (Å²) in [7, 11) is 0. The van der Waals surface area contributed by atoms with Crippen LogP contribution in [0.4, 0.5) is 0 Å². The molecule has 0 aliphatic carbocycles. The molecule has 119 valence electrons. The maximum Gasteiger partial charge on any atom is 0.0693 e. The summed E-state index contributed by atoms with van der Waals surface area (Å²) in [6.45, 7) is 8.49. The predicted molar refractivity (Wildman–Crippen MR) is 91.1 cm³/mol. The fraction of sp³-hybridized carbons (Fsp3) is 0.529. The van der Waals surface area contributed by atoms with Crippen LogP contribution < -0.4 is 0 Å². The Morgan fingerprint density at radius 1 is 0.810 bits per heavy atom. The third kappa shape index (κ3) is 11.8. The molecular weight excluding hydrogens is 335 g/mol. The number of nitrogens with zero attached hydrogens (tertiary/aromatic N) is 3. The number of aromatic nitrogens is 3. The van der Waals surface area contributed by atoms with Crippen molar-refractivity contribution in [1.29, 1.82) is 0 Å². The normalized spacial score (nSPS) is 8.29. The summed E-state index contributed by atoms with van der Waals surface area (Å²) in [5.41, 5.74) is 1.41. The Morgan fingerprint density at radius 3 is 1.48 bits per heavy atom. The molecule has 3 nitrogen and oxygen atoms in total. The van der Waals surface area contributed by atoms with Crippen LogP contribution in [0.5, 0.6) is 0 Å². The number of benzene rings is 1. The van der Waals surface area contributed by atoms with E-state index in [0.717, 1.165) is 0 Å². The molecule has 0 atom stereocenters. The van der Waals surface area contributed by atoms with Crippen LogP contribution in [0, 0.1) is 0 Å². The molecule has 0 aliphatic heterocycles. The van der Waals surface area contributed by atoms with E-state index < -0.39 is 0 Å². The van der Waals surface area contributed by atoms with Crippen LogP contribution in [-0.2, 0) is 32.7 Å². The standard InChI is InChI=1S/C9H12.C5H9N3.3CH4.Y/c1-8(2)9-6-4-3-5-7-9;1-5(2)8-6-3-4-7-8;;;;/h3-8H,1-2H3;3-5H,1-2H3;3*1H4;. The maximum absolute atomic E-state index is 3.92. The second-order valence-corrected chi connectivity index (χ2v) is 4.51. The number of hydrogen-bond acceptors (Lipinski definition) is 2. The van der Waals surface area contributed by atoms with Crippen LogP contribution in [0.25, 0.3) is 0 Å². The zero-order chi connectivity index (χ0) is 12.7. The van der Waals surface area contributed by atoms with Gasteiger partial charge in [-0.25, -0.2) is 0 Å². The first-order valence-corrected chi connectivity index (χ1v) is 6.02. The monoisotopic (exact) mass is 368 g/mol. The van der Waals surface area contributed by atoms with E-state index in [4.69, 9.17) is 0 Å². The van der Waals surface area contributed by atoms with E-state index in [0.29, 0.717) is 12.0 Å². The Bertz CT molecular complexity index is 397. The Kier molecular flexibility index (Phi) is 21.6. The first-order valence-electron chi connectivity index (χ1n) is 6.02. The summed E-state index contributed by atoms with van der Waals surface area (Å²) in [6.07, 6.45) is 3.36. The summed E-state index contributed by atoms with van der Waals surface area (Å²) in [5.74, 6) is 0.659. The van der Waals surface area contributed by atoms with Crippen molar-refractivity contribution < 1.29 is 32.7 Å². The van der Waals surface area contributed by atoms with E-state index in [1.54, 1.807) is 17.2 Å². The van der Waals surface area contributed by atoms with E-state index in [9.17, 15) is 0 Å². The summed E-state index contributed by atoms with van der Waals surface area (Å²) < 4.78 is 0. The van der Waals surface area contributed by atoms with Gasteiger partial charge in [0.2, 0.25) is 0 Å². The average molecular weight is 368 g/mol. The molecule has 21 heavy (non-hydrogen) atoms. The minimum atomic E-state index is 0. The summed E-state index contributed by atoms with van der Waals surface area (Å²) >= 11 is 0. The Morgan fingerprint density at radius 2 is 1.24 bits per heavy atom. The molecule has 1 aromatic heterocycles.